The summed E-state index contributed by atoms with van der Waals surface area (Å²) >= 11 is 0. The maximum atomic E-state index is 12.4. The van der Waals surface area contributed by atoms with E-state index in [-0.39, 0.29) is 22.4 Å². The number of amides is 1. The van der Waals surface area contributed by atoms with Gasteiger partial charge >= 0.3 is 0 Å². The number of hydrogen-bond donors (Lipinski definition) is 1. The summed E-state index contributed by atoms with van der Waals surface area (Å²) in [7, 11) is 0. The van der Waals surface area contributed by atoms with Crippen molar-refractivity contribution in [1.82, 2.24) is 5.32 Å². The lowest BCUT2D eigenvalue weighted by molar-refractivity contribution is -0.114. The summed E-state index contributed by atoms with van der Waals surface area (Å²) < 4.78 is 0. The summed E-state index contributed by atoms with van der Waals surface area (Å²) in [5, 5.41) is 30.0. The molecule has 0 bridgehead atoms. The van der Waals surface area contributed by atoms with Gasteiger partial charge in [-0.25, -0.2) is 0 Å². The summed E-state index contributed by atoms with van der Waals surface area (Å²) in [5.41, 5.74) is 1.37. The van der Waals surface area contributed by atoms with Crippen molar-refractivity contribution in [3.8, 4) is 18.2 Å². The molecule has 1 heterocycles. The van der Waals surface area contributed by atoms with Gasteiger partial charge in [0.2, 0.25) is 0 Å². The molecular weight excluding hydrogens is 350 g/mol. The molecular formula is C22H19N5O. The van der Waals surface area contributed by atoms with Gasteiger partial charge in [-0.2, -0.15) is 15.8 Å². The normalized spacial score (nSPS) is 12.5. The molecule has 0 saturated heterocycles. The number of allylic oxidation sites excluding steroid dienone is 2. The molecule has 0 aliphatic carbocycles. The van der Waals surface area contributed by atoms with Crippen molar-refractivity contribution in [2.45, 2.75) is 12.8 Å². The van der Waals surface area contributed by atoms with E-state index >= 15 is 0 Å². The molecule has 138 valence electrons. The average Bonchev–Trinajstić information content (AvgIpc) is 3.05. The van der Waals surface area contributed by atoms with E-state index in [1.807, 2.05) is 30.4 Å². The highest BCUT2D eigenvalue weighted by atomic mass is 16.2. The molecule has 6 heteroatoms. The minimum atomic E-state index is -0.502. The van der Waals surface area contributed by atoms with E-state index in [1.54, 1.807) is 24.3 Å². The smallest absolute Gasteiger partial charge is 0.257 e. The van der Waals surface area contributed by atoms with Crippen LogP contribution in [-0.4, -0.2) is 19.0 Å². The molecule has 1 aromatic carbocycles. The van der Waals surface area contributed by atoms with Gasteiger partial charge in [0.25, 0.3) is 5.91 Å². The Bertz CT molecular complexity index is 950. The van der Waals surface area contributed by atoms with Gasteiger partial charge in [-0.15, -0.1) is 13.2 Å². The van der Waals surface area contributed by atoms with E-state index in [4.69, 9.17) is 10.5 Å². The topological polar surface area (TPSA) is 104 Å². The first-order valence-corrected chi connectivity index (χ1v) is 8.69. The van der Waals surface area contributed by atoms with Crippen molar-refractivity contribution < 1.29 is 4.79 Å². The largest absolute Gasteiger partial charge is 0.371 e. The monoisotopic (exact) mass is 369 g/mol. The molecule has 1 aromatic rings. The van der Waals surface area contributed by atoms with Gasteiger partial charge in [0.1, 0.15) is 18.2 Å². The lowest BCUT2D eigenvalue weighted by Crippen LogP contribution is -2.25. The molecule has 6 nitrogen and oxygen atoms in total. The van der Waals surface area contributed by atoms with Crippen LogP contribution in [-0.2, 0) is 4.79 Å². The van der Waals surface area contributed by atoms with Gasteiger partial charge < -0.3 is 10.2 Å². The molecule has 1 aliphatic heterocycles. The maximum Gasteiger partial charge on any atom is 0.257 e. The zero-order valence-electron chi connectivity index (χ0n) is 15.4. The second-order valence-corrected chi connectivity index (χ2v) is 5.98. The quantitative estimate of drug-likeness (QED) is 0.559. The Hall–Kier alpha value is -4.08. The Morgan fingerprint density at radius 1 is 1.04 bits per heavy atom. The third-order valence-electron chi connectivity index (χ3n) is 4.28. The van der Waals surface area contributed by atoms with E-state index in [0.29, 0.717) is 5.56 Å². The van der Waals surface area contributed by atoms with E-state index in [1.165, 1.54) is 0 Å². The van der Waals surface area contributed by atoms with Crippen LogP contribution in [0.4, 0.5) is 5.69 Å². The van der Waals surface area contributed by atoms with Gasteiger partial charge in [0.15, 0.2) is 5.57 Å². The molecule has 1 aliphatic rings. The van der Waals surface area contributed by atoms with Crippen LogP contribution in [0.25, 0.3) is 5.57 Å². The molecule has 0 spiro atoms. The number of nitrogens with zero attached hydrogens (tertiary/aromatic N) is 4. The van der Waals surface area contributed by atoms with Crippen LogP contribution in [0.1, 0.15) is 18.4 Å². The van der Waals surface area contributed by atoms with Crippen molar-refractivity contribution in [2.24, 2.45) is 0 Å². The fraction of sp³-hybridized carbons (Fsp3) is 0.182. The molecule has 0 atom stereocenters. The number of nitrogens with one attached hydrogen (secondary N) is 1. The Labute approximate surface area is 164 Å². The Kier molecular flexibility index (Phi) is 6.92. The second-order valence-electron chi connectivity index (χ2n) is 5.98. The van der Waals surface area contributed by atoms with Crippen molar-refractivity contribution in [2.75, 3.05) is 18.0 Å². The van der Waals surface area contributed by atoms with Crippen LogP contribution < -0.4 is 10.2 Å². The number of carbonyl (C=O) groups is 1. The minimum absolute atomic E-state index is 0.00557. The lowest BCUT2D eigenvalue weighted by atomic mass is 9.99. The number of rotatable bonds is 8. The van der Waals surface area contributed by atoms with E-state index in [2.05, 4.69) is 23.4 Å². The number of hydrogen-bond acceptors (Lipinski definition) is 5. The van der Waals surface area contributed by atoms with Crippen molar-refractivity contribution in [3.05, 3.63) is 72.0 Å². The molecule has 0 aromatic heterocycles. The predicted octanol–water partition coefficient (Wildman–Crippen LogP) is 3.35. The molecule has 0 saturated carbocycles. The third kappa shape index (κ3) is 4.18. The van der Waals surface area contributed by atoms with Gasteiger partial charge in [0, 0.05) is 18.8 Å². The van der Waals surface area contributed by atoms with Gasteiger partial charge in [0.05, 0.1) is 16.8 Å². The number of anilines is 1. The number of carbonyl (C=O) groups excluding carboxylic acids is 1. The number of nitriles is 3. The molecule has 2 rings (SSSR count). The first kappa shape index (κ1) is 20.2. The molecule has 0 radical (unpaired) electrons. The van der Waals surface area contributed by atoms with E-state index in [0.717, 1.165) is 31.6 Å². The molecule has 28 heavy (non-hydrogen) atoms. The molecule has 0 unspecified atom stereocenters. The SMILES string of the molecule is C=CCCN(CCC=C)c1ccc(C2=C(C#N)C(=C(C#N)C#N)NC2=O)cc1. The van der Waals surface area contributed by atoms with Crippen molar-refractivity contribution >= 4 is 17.2 Å². The first-order chi connectivity index (χ1) is 13.6. The van der Waals surface area contributed by atoms with Crippen LogP contribution in [0.5, 0.6) is 0 Å². The van der Waals surface area contributed by atoms with Gasteiger partial charge in [-0.1, -0.05) is 24.3 Å². The fourth-order valence-corrected chi connectivity index (χ4v) is 2.89. The number of benzene rings is 1. The van der Waals surface area contributed by atoms with Crippen LogP contribution >= 0.6 is 0 Å². The molecule has 1 amide bonds. The Morgan fingerprint density at radius 2 is 1.61 bits per heavy atom. The highest BCUT2D eigenvalue weighted by Gasteiger charge is 2.31. The first-order valence-electron chi connectivity index (χ1n) is 8.69. The predicted molar refractivity (Wildman–Crippen MR) is 107 cm³/mol. The van der Waals surface area contributed by atoms with Crippen LogP contribution in [0.2, 0.25) is 0 Å². The van der Waals surface area contributed by atoms with Crippen molar-refractivity contribution in [1.29, 1.82) is 15.8 Å². The summed E-state index contributed by atoms with van der Waals surface area (Å²) in [6, 6.07) is 12.6. The van der Waals surface area contributed by atoms with E-state index < -0.39 is 5.91 Å². The summed E-state index contributed by atoms with van der Waals surface area (Å²) in [4.78, 5) is 14.6. The Balaban J connectivity index is 2.43. The van der Waals surface area contributed by atoms with Gasteiger partial charge in [-0.05, 0) is 30.5 Å². The zero-order chi connectivity index (χ0) is 20.5. The second kappa shape index (κ2) is 9.57. The summed E-state index contributed by atoms with van der Waals surface area (Å²) in [5.74, 6) is -0.502. The minimum Gasteiger partial charge on any atom is -0.371 e. The fourth-order valence-electron chi connectivity index (χ4n) is 2.89. The molecule has 0 fully saturated rings. The zero-order valence-corrected chi connectivity index (χ0v) is 15.4. The van der Waals surface area contributed by atoms with Crippen LogP contribution in [0.15, 0.2) is 66.4 Å². The summed E-state index contributed by atoms with van der Waals surface area (Å²) in [6.07, 6.45) is 5.39. The lowest BCUT2D eigenvalue weighted by Gasteiger charge is -2.24. The average molecular weight is 369 g/mol. The van der Waals surface area contributed by atoms with E-state index in [9.17, 15) is 10.1 Å². The third-order valence-corrected chi connectivity index (χ3v) is 4.28. The van der Waals surface area contributed by atoms with Crippen LogP contribution in [0, 0.1) is 34.0 Å². The standard InChI is InChI=1S/C22H19N5O/c1-3-5-11-27(12-6-4-2)18-9-7-16(8-10-18)20-19(15-25)21(26-22(20)28)17(13-23)14-24/h3-4,7-10H,1-2,5-6,11-12H2,(H,26,28). The van der Waals surface area contributed by atoms with Crippen LogP contribution in [0.3, 0.4) is 0 Å². The van der Waals surface area contributed by atoms with Crippen molar-refractivity contribution in [3.63, 3.8) is 0 Å². The highest BCUT2D eigenvalue weighted by molar-refractivity contribution is 6.26. The van der Waals surface area contributed by atoms with Gasteiger partial charge in [-0.3, -0.25) is 4.79 Å². The maximum absolute atomic E-state index is 12.4. The Morgan fingerprint density at radius 3 is 2.07 bits per heavy atom. The highest BCUT2D eigenvalue weighted by Crippen LogP contribution is 2.31. The summed E-state index contributed by atoms with van der Waals surface area (Å²) in [6.45, 7) is 9.13. The molecule has 1 N–H and O–H groups in total.